The lowest BCUT2D eigenvalue weighted by molar-refractivity contribution is -0.137. The molecule has 1 aromatic carbocycles. The summed E-state index contributed by atoms with van der Waals surface area (Å²) >= 11 is 1.59. The molecule has 102 valence electrons. The number of carboxylic acid groups (broad SMARTS) is 1. The first-order chi connectivity index (χ1) is 9.65. The molecule has 1 atom stereocenters. The summed E-state index contributed by atoms with van der Waals surface area (Å²) in [4.78, 5) is 11.8. The third-order valence-corrected chi connectivity index (χ3v) is 4.14. The van der Waals surface area contributed by atoms with Crippen LogP contribution in [0.2, 0.25) is 0 Å². The molecule has 0 bridgehead atoms. The van der Waals surface area contributed by atoms with Crippen molar-refractivity contribution < 1.29 is 9.90 Å². The van der Waals surface area contributed by atoms with E-state index in [0.717, 1.165) is 15.0 Å². The van der Waals surface area contributed by atoms with Gasteiger partial charge in [-0.1, -0.05) is 18.2 Å². The van der Waals surface area contributed by atoms with Crippen LogP contribution in [0.4, 0.5) is 0 Å². The van der Waals surface area contributed by atoms with Crippen molar-refractivity contribution in [3.63, 3.8) is 0 Å². The zero-order valence-corrected chi connectivity index (χ0v) is 11.5. The average molecular weight is 288 g/mol. The molecule has 3 aromatic rings. The highest BCUT2D eigenvalue weighted by atomic mass is 32.1. The number of nitrogens with zero attached hydrogens (tertiary/aromatic N) is 4. The number of rotatable bonds is 4. The molecule has 7 heteroatoms. The van der Waals surface area contributed by atoms with Gasteiger partial charge in [0.2, 0.25) is 0 Å². The molecule has 0 saturated heterocycles. The van der Waals surface area contributed by atoms with Gasteiger partial charge in [0.15, 0.2) is 5.82 Å². The van der Waals surface area contributed by atoms with Gasteiger partial charge in [-0.2, -0.15) is 0 Å². The zero-order chi connectivity index (χ0) is 14.1. The molecule has 0 amide bonds. The Bertz CT molecular complexity index is 731. The molecule has 3 rings (SSSR count). The minimum absolute atomic E-state index is 0.0110. The minimum atomic E-state index is -0.865. The molecule has 0 aliphatic heterocycles. The van der Waals surface area contributed by atoms with Gasteiger partial charge in [0, 0.05) is 4.70 Å². The number of hydrogen-bond acceptors (Lipinski definition) is 5. The molecule has 20 heavy (non-hydrogen) atoms. The van der Waals surface area contributed by atoms with E-state index in [2.05, 4.69) is 15.5 Å². The molecule has 0 fully saturated rings. The fourth-order valence-corrected chi connectivity index (χ4v) is 3.12. The maximum Gasteiger partial charge on any atom is 0.305 e. The van der Waals surface area contributed by atoms with Crippen molar-refractivity contribution in [2.75, 3.05) is 0 Å². The van der Waals surface area contributed by atoms with Crippen molar-refractivity contribution in [3.8, 4) is 10.7 Å². The average Bonchev–Trinajstić information content (AvgIpc) is 3.04. The molecule has 0 radical (unpaired) electrons. The molecule has 6 nitrogen and oxygen atoms in total. The predicted octanol–water partition coefficient (Wildman–Crippen LogP) is 2.59. The molecule has 2 aromatic heterocycles. The van der Waals surface area contributed by atoms with Gasteiger partial charge in [-0.3, -0.25) is 4.79 Å². The van der Waals surface area contributed by atoms with Crippen LogP contribution >= 0.6 is 11.3 Å². The molecule has 0 aliphatic carbocycles. The van der Waals surface area contributed by atoms with Gasteiger partial charge in [0.1, 0.15) is 0 Å². The summed E-state index contributed by atoms with van der Waals surface area (Å²) in [6.07, 6.45) is -0.0110. The molecule has 1 unspecified atom stereocenters. The SMILES string of the molecule is CC(CC(=O)O)n1nnnc1-c1cc2ccccc2s1. The molecule has 2 heterocycles. The summed E-state index contributed by atoms with van der Waals surface area (Å²) in [6, 6.07) is 9.77. The highest BCUT2D eigenvalue weighted by molar-refractivity contribution is 7.22. The first-order valence-electron chi connectivity index (χ1n) is 6.14. The number of aromatic nitrogens is 4. The smallest absolute Gasteiger partial charge is 0.305 e. The van der Waals surface area contributed by atoms with Gasteiger partial charge >= 0.3 is 5.97 Å². The Labute approximate surface area is 118 Å². The lowest BCUT2D eigenvalue weighted by Gasteiger charge is -2.09. The monoisotopic (exact) mass is 288 g/mol. The van der Waals surface area contributed by atoms with Crippen molar-refractivity contribution in [1.82, 2.24) is 20.2 Å². The van der Waals surface area contributed by atoms with Crippen molar-refractivity contribution in [3.05, 3.63) is 30.3 Å². The summed E-state index contributed by atoms with van der Waals surface area (Å²) in [7, 11) is 0. The first-order valence-corrected chi connectivity index (χ1v) is 6.95. The van der Waals surface area contributed by atoms with Gasteiger partial charge in [-0.15, -0.1) is 16.4 Å². The molecular formula is C13H12N4O2S. The molecule has 0 spiro atoms. The fourth-order valence-electron chi connectivity index (χ4n) is 2.08. The van der Waals surface area contributed by atoms with Crippen LogP contribution in [-0.4, -0.2) is 31.3 Å². The number of thiophene rings is 1. The third kappa shape index (κ3) is 2.27. The van der Waals surface area contributed by atoms with E-state index >= 15 is 0 Å². The Balaban J connectivity index is 2.02. The summed E-state index contributed by atoms with van der Waals surface area (Å²) in [6.45, 7) is 1.79. The Morgan fingerprint density at radius 3 is 3.00 bits per heavy atom. The molecule has 0 saturated carbocycles. The zero-order valence-electron chi connectivity index (χ0n) is 10.7. The summed E-state index contributed by atoms with van der Waals surface area (Å²) in [5, 5.41) is 21.6. The Hall–Kier alpha value is -2.28. The first kappa shape index (κ1) is 12.7. The Morgan fingerprint density at radius 1 is 1.45 bits per heavy atom. The maximum atomic E-state index is 10.8. The quantitative estimate of drug-likeness (QED) is 0.798. The number of fused-ring (bicyclic) bond motifs is 1. The van der Waals surface area contributed by atoms with Crippen LogP contribution in [0.5, 0.6) is 0 Å². The highest BCUT2D eigenvalue weighted by Gasteiger charge is 2.18. The normalized spacial score (nSPS) is 12.7. The van der Waals surface area contributed by atoms with Crippen LogP contribution in [0.3, 0.4) is 0 Å². The van der Waals surface area contributed by atoms with E-state index in [-0.39, 0.29) is 12.5 Å². The number of carboxylic acids is 1. The van der Waals surface area contributed by atoms with E-state index in [4.69, 9.17) is 5.11 Å². The standard InChI is InChI=1S/C13H12N4O2S/c1-8(6-12(18)19)17-13(14-15-16-17)11-7-9-4-2-3-5-10(9)20-11/h2-5,7-8H,6H2,1H3,(H,18,19). The molecule has 0 aliphatic rings. The van der Waals surface area contributed by atoms with Crippen LogP contribution in [0.25, 0.3) is 20.8 Å². The van der Waals surface area contributed by atoms with Crippen molar-refractivity contribution in [2.24, 2.45) is 0 Å². The minimum Gasteiger partial charge on any atom is -0.481 e. The third-order valence-electron chi connectivity index (χ3n) is 3.03. The van der Waals surface area contributed by atoms with Crippen LogP contribution < -0.4 is 0 Å². The number of carbonyl (C=O) groups is 1. The Kier molecular flexibility index (Phi) is 3.19. The van der Waals surface area contributed by atoms with Gasteiger partial charge in [-0.25, -0.2) is 4.68 Å². The van der Waals surface area contributed by atoms with E-state index in [9.17, 15) is 4.79 Å². The van der Waals surface area contributed by atoms with Crippen LogP contribution in [-0.2, 0) is 4.79 Å². The van der Waals surface area contributed by atoms with Gasteiger partial charge < -0.3 is 5.11 Å². The summed E-state index contributed by atoms with van der Waals surface area (Å²) in [5.41, 5.74) is 0. The van der Waals surface area contributed by atoms with Gasteiger partial charge in [0.05, 0.1) is 17.3 Å². The number of hydrogen-bond donors (Lipinski definition) is 1. The number of benzene rings is 1. The number of aliphatic carboxylic acids is 1. The maximum absolute atomic E-state index is 10.8. The van der Waals surface area contributed by atoms with Crippen LogP contribution in [0.1, 0.15) is 19.4 Å². The molecular weight excluding hydrogens is 276 g/mol. The van der Waals surface area contributed by atoms with E-state index in [0.29, 0.717) is 5.82 Å². The second-order valence-corrected chi connectivity index (χ2v) is 5.63. The van der Waals surface area contributed by atoms with E-state index in [1.165, 1.54) is 0 Å². The van der Waals surface area contributed by atoms with Gasteiger partial charge in [0.25, 0.3) is 0 Å². The Morgan fingerprint density at radius 2 is 2.25 bits per heavy atom. The predicted molar refractivity (Wildman–Crippen MR) is 75.6 cm³/mol. The van der Waals surface area contributed by atoms with Gasteiger partial charge in [-0.05, 0) is 34.9 Å². The summed E-state index contributed by atoms with van der Waals surface area (Å²) in [5.74, 6) is -0.254. The topological polar surface area (TPSA) is 80.9 Å². The summed E-state index contributed by atoms with van der Waals surface area (Å²) < 4.78 is 2.72. The van der Waals surface area contributed by atoms with Crippen molar-refractivity contribution >= 4 is 27.4 Å². The number of tetrazole rings is 1. The second-order valence-electron chi connectivity index (χ2n) is 4.54. The fraction of sp³-hybridized carbons (Fsp3) is 0.231. The van der Waals surface area contributed by atoms with E-state index in [1.54, 1.807) is 22.9 Å². The second kappa shape index (κ2) is 5.01. The lowest BCUT2D eigenvalue weighted by Crippen LogP contribution is -2.13. The van der Waals surface area contributed by atoms with Crippen molar-refractivity contribution in [2.45, 2.75) is 19.4 Å². The molecule has 1 N–H and O–H groups in total. The van der Waals surface area contributed by atoms with E-state index in [1.807, 2.05) is 30.3 Å². The largest absolute Gasteiger partial charge is 0.481 e. The van der Waals surface area contributed by atoms with Crippen LogP contribution in [0.15, 0.2) is 30.3 Å². The van der Waals surface area contributed by atoms with E-state index < -0.39 is 5.97 Å². The highest BCUT2D eigenvalue weighted by Crippen LogP contribution is 2.32. The van der Waals surface area contributed by atoms with Crippen molar-refractivity contribution in [1.29, 1.82) is 0 Å². The van der Waals surface area contributed by atoms with Crippen LogP contribution in [0, 0.1) is 0 Å². The lowest BCUT2D eigenvalue weighted by atomic mass is 10.2.